The summed E-state index contributed by atoms with van der Waals surface area (Å²) in [5, 5.41) is 12.6. The lowest BCUT2D eigenvalue weighted by atomic mass is 10.00. The second-order valence-corrected chi connectivity index (χ2v) is 5.79. The molecule has 20 heavy (non-hydrogen) atoms. The van der Waals surface area contributed by atoms with Crippen LogP contribution in [0.1, 0.15) is 24.9 Å². The second kappa shape index (κ2) is 5.43. The fourth-order valence-electron chi connectivity index (χ4n) is 3.21. The van der Waals surface area contributed by atoms with Gasteiger partial charge in [-0.3, -0.25) is 4.90 Å². The van der Waals surface area contributed by atoms with E-state index in [1.165, 1.54) is 0 Å². The number of benzene rings is 2. The number of nitrogens with two attached hydrogens (primary N) is 1. The van der Waals surface area contributed by atoms with Gasteiger partial charge in [-0.2, -0.15) is 0 Å². The zero-order chi connectivity index (χ0) is 14.1. The quantitative estimate of drug-likeness (QED) is 0.901. The van der Waals surface area contributed by atoms with Crippen LogP contribution in [-0.4, -0.2) is 29.6 Å². The first-order valence-corrected chi connectivity index (χ1v) is 7.35. The van der Waals surface area contributed by atoms with Crippen molar-refractivity contribution >= 4 is 10.8 Å². The van der Waals surface area contributed by atoms with Crippen LogP contribution in [0.25, 0.3) is 10.8 Å². The molecule has 0 radical (unpaired) electrons. The molecular formula is C17H22N2O. The van der Waals surface area contributed by atoms with E-state index in [1.54, 1.807) is 0 Å². The van der Waals surface area contributed by atoms with Gasteiger partial charge >= 0.3 is 0 Å². The van der Waals surface area contributed by atoms with Crippen LogP contribution < -0.4 is 5.73 Å². The van der Waals surface area contributed by atoms with Crippen molar-refractivity contribution in [2.75, 3.05) is 19.6 Å². The first-order chi connectivity index (χ1) is 9.70. The molecule has 3 nitrogen and oxygen atoms in total. The Hall–Kier alpha value is -1.58. The van der Waals surface area contributed by atoms with Crippen molar-refractivity contribution in [2.45, 2.75) is 19.4 Å². The third-order valence-electron chi connectivity index (χ3n) is 4.58. The number of fused-ring (bicyclic) bond motifs is 1. The zero-order valence-electron chi connectivity index (χ0n) is 11.9. The summed E-state index contributed by atoms with van der Waals surface area (Å²) >= 11 is 0. The van der Waals surface area contributed by atoms with Crippen molar-refractivity contribution in [2.24, 2.45) is 11.7 Å². The van der Waals surface area contributed by atoms with Gasteiger partial charge < -0.3 is 10.8 Å². The molecule has 106 valence electrons. The summed E-state index contributed by atoms with van der Waals surface area (Å²) in [6, 6.07) is 12.4. The lowest BCUT2D eigenvalue weighted by Gasteiger charge is -2.25. The average Bonchev–Trinajstić information content (AvgIpc) is 2.96. The van der Waals surface area contributed by atoms with Crippen molar-refractivity contribution in [1.29, 1.82) is 0 Å². The molecule has 0 aliphatic carbocycles. The topological polar surface area (TPSA) is 49.5 Å². The molecule has 0 saturated carbocycles. The molecule has 2 unspecified atom stereocenters. The summed E-state index contributed by atoms with van der Waals surface area (Å²) in [5.74, 6) is 1.02. The number of hydrogen-bond donors (Lipinski definition) is 2. The van der Waals surface area contributed by atoms with Gasteiger partial charge in [0.1, 0.15) is 5.75 Å². The highest BCUT2D eigenvalue weighted by molar-refractivity contribution is 5.89. The molecule has 3 heteroatoms. The number of nitrogens with zero attached hydrogens (tertiary/aromatic N) is 1. The molecule has 3 N–H and O–H groups in total. The van der Waals surface area contributed by atoms with Gasteiger partial charge in [0.25, 0.3) is 0 Å². The largest absolute Gasteiger partial charge is 0.507 e. The van der Waals surface area contributed by atoms with Crippen molar-refractivity contribution < 1.29 is 5.11 Å². The van der Waals surface area contributed by atoms with Gasteiger partial charge in [0.05, 0.1) is 0 Å². The predicted molar refractivity (Wildman–Crippen MR) is 82.8 cm³/mol. The van der Waals surface area contributed by atoms with Gasteiger partial charge in [0.2, 0.25) is 0 Å². The summed E-state index contributed by atoms with van der Waals surface area (Å²) in [7, 11) is 0. The van der Waals surface area contributed by atoms with Gasteiger partial charge in [-0.1, -0.05) is 36.4 Å². The summed E-state index contributed by atoms with van der Waals surface area (Å²) in [4.78, 5) is 2.42. The Labute approximate surface area is 120 Å². The number of likely N-dealkylation sites (tertiary alicyclic amines) is 1. The van der Waals surface area contributed by atoms with Crippen LogP contribution in [0.4, 0.5) is 0 Å². The molecule has 2 atom stereocenters. The SMILES string of the molecule is CC(c1ccc2ccccc2c1O)N1CCC(CN)C1. The van der Waals surface area contributed by atoms with Gasteiger partial charge in [0.15, 0.2) is 0 Å². The molecule has 0 bridgehead atoms. The third kappa shape index (κ3) is 2.28. The lowest BCUT2D eigenvalue weighted by Crippen LogP contribution is -2.26. The van der Waals surface area contributed by atoms with Gasteiger partial charge in [-0.05, 0) is 37.7 Å². The van der Waals surface area contributed by atoms with Crippen LogP contribution in [0.2, 0.25) is 0 Å². The van der Waals surface area contributed by atoms with E-state index in [-0.39, 0.29) is 6.04 Å². The standard InChI is InChI=1S/C17H22N2O/c1-12(19-9-8-13(10-18)11-19)15-7-6-14-4-2-3-5-16(14)17(15)20/h2-7,12-13,20H,8-11,18H2,1H3. The highest BCUT2D eigenvalue weighted by atomic mass is 16.3. The van der Waals surface area contributed by atoms with E-state index < -0.39 is 0 Å². The fourth-order valence-corrected chi connectivity index (χ4v) is 3.21. The minimum absolute atomic E-state index is 0.233. The molecule has 0 amide bonds. The van der Waals surface area contributed by atoms with Crippen molar-refractivity contribution in [3.05, 3.63) is 42.0 Å². The van der Waals surface area contributed by atoms with E-state index in [0.717, 1.165) is 42.4 Å². The van der Waals surface area contributed by atoms with E-state index in [1.807, 2.05) is 24.3 Å². The van der Waals surface area contributed by atoms with Crippen LogP contribution in [0.5, 0.6) is 5.75 Å². The van der Waals surface area contributed by atoms with E-state index in [4.69, 9.17) is 5.73 Å². The summed E-state index contributed by atoms with van der Waals surface area (Å²) < 4.78 is 0. The van der Waals surface area contributed by atoms with Crippen LogP contribution in [0.3, 0.4) is 0 Å². The zero-order valence-corrected chi connectivity index (χ0v) is 11.9. The van der Waals surface area contributed by atoms with Crippen molar-refractivity contribution in [1.82, 2.24) is 4.90 Å². The van der Waals surface area contributed by atoms with E-state index in [2.05, 4.69) is 24.0 Å². The Morgan fingerprint density at radius 2 is 2.10 bits per heavy atom. The molecule has 2 aromatic carbocycles. The molecule has 0 spiro atoms. The number of rotatable bonds is 3. The normalized spacial score (nSPS) is 21.4. The molecule has 3 rings (SSSR count). The minimum Gasteiger partial charge on any atom is -0.507 e. The van der Waals surface area contributed by atoms with E-state index in [0.29, 0.717) is 11.7 Å². The van der Waals surface area contributed by atoms with Crippen LogP contribution in [0.15, 0.2) is 36.4 Å². The molecule has 2 aromatic rings. The summed E-state index contributed by atoms with van der Waals surface area (Å²) in [6.07, 6.45) is 1.16. The highest BCUT2D eigenvalue weighted by Crippen LogP contribution is 2.36. The molecule has 1 aliphatic rings. The number of phenols is 1. The molecule has 1 fully saturated rings. The van der Waals surface area contributed by atoms with E-state index in [9.17, 15) is 5.11 Å². The van der Waals surface area contributed by atoms with Crippen molar-refractivity contribution in [3.63, 3.8) is 0 Å². The van der Waals surface area contributed by atoms with Crippen LogP contribution >= 0.6 is 0 Å². The lowest BCUT2D eigenvalue weighted by molar-refractivity contribution is 0.249. The third-order valence-corrected chi connectivity index (χ3v) is 4.58. The maximum Gasteiger partial charge on any atom is 0.128 e. The molecule has 0 aromatic heterocycles. The van der Waals surface area contributed by atoms with Gasteiger partial charge in [0, 0.05) is 23.5 Å². The number of hydrogen-bond acceptors (Lipinski definition) is 3. The first kappa shape index (κ1) is 13.4. The van der Waals surface area contributed by atoms with Crippen molar-refractivity contribution in [3.8, 4) is 5.75 Å². The Morgan fingerprint density at radius 1 is 1.30 bits per heavy atom. The number of aromatic hydroxyl groups is 1. The Morgan fingerprint density at radius 3 is 2.85 bits per heavy atom. The Kier molecular flexibility index (Phi) is 3.64. The molecule has 1 heterocycles. The van der Waals surface area contributed by atoms with Crippen LogP contribution in [-0.2, 0) is 0 Å². The Balaban J connectivity index is 1.92. The summed E-state index contributed by atoms with van der Waals surface area (Å²) in [6.45, 7) is 5.02. The molecular weight excluding hydrogens is 248 g/mol. The highest BCUT2D eigenvalue weighted by Gasteiger charge is 2.27. The Bertz CT molecular complexity index is 611. The molecule has 1 aliphatic heterocycles. The summed E-state index contributed by atoms with van der Waals surface area (Å²) in [5.41, 5.74) is 6.78. The first-order valence-electron chi connectivity index (χ1n) is 7.35. The fraction of sp³-hybridized carbons (Fsp3) is 0.412. The minimum atomic E-state index is 0.233. The maximum atomic E-state index is 10.6. The van der Waals surface area contributed by atoms with Gasteiger partial charge in [-0.25, -0.2) is 0 Å². The molecule has 1 saturated heterocycles. The monoisotopic (exact) mass is 270 g/mol. The van der Waals surface area contributed by atoms with Crippen LogP contribution in [0, 0.1) is 5.92 Å². The second-order valence-electron chi connectivity index (χ2n) is 5.79. The predicted octanol–water partition coefficient (Wildman–Crippen LogP) is 2.89. The maximum absolute atomic E-state index is 10.6. The number of phenolic OH excluding ortho intramolecular Hbond substituents is 1. The smallest absolute Gasteiger partial charge is 0.128 e. The average molecular weight is 270 g/mol. The van der Waals surface area contributed by atoms with E-state index >= 15 is 0 Å². The van der Waals surface area contributed by atoms with Gasteiger partial charge in [-0.15, -0.1) is 0 Å².